The van der Waals surface area contributed by atoms with Crippen molar-refractivity contribution in [2.45, 2.75) is 103 Å². The van der Waals surface area contributed by atoms with Gasteiger partial charge in [0.05, 0.1) is 4.75 Å². The Morgan fingerprint density at radius 3 is 1.40 bits per heavy atom. The molecule has 0 spiro atoms. The molecule has 0 aromatic rings. The standard InChI is InChI=1S/C16H35NO2S/c1-4-6-8-10-12-14-16(3,20(17,18)19)15-13-11-9-7-5-2/h4-15H2,1-3H3,(H2,17,18,19). The summed E-state index contributed by atoms with van der Waals surface area (Å²) in [5.74, 6) is 0. The molecule has 20 heavy (non-hydrogen) atoms. The maximum Gasteiger partial charge on any atom is 0.214 e. The van der Waals surface area contributed by atoms with Crippen molar-refractivity contribution in [1.29, 1.82) is 0 Å². The van der Waals surface area contributed by atoms with Gasteiger partial charge >= 0.3 is 0 Å². The van der Waals surface area contributed by atoms with E-state index in [1.807, 2.05) is 6.92 Å². The molecule has 0 saturated heterocycles. The van der Waals surface area contributed by atoms with Gasteiger partial charge in [-0.2, -0.15) is 0 Å². The molecule has 0 radical (unpaired) electrons. The van der Waals surface area contributed by atoms with Crippen LogP contribution in [0.3, 0.4) is 0 Å². The molecular formula is C16H35NO2S. The summed E-state index contributed by atoms with van der Waals surface area (Å²) in [5, 5.41) is 5.47. The van der Waals surface area contributed by atoms with E-state index in [9.17, 15) is 8.42 Å². The first-order valence-electron chi connectivity index (χ1n) is 8.39. The quantitative estimate of drug-likeness (QED) is 0.499. The van der Waals surface area contributed by atoms with E-state index in [2.05, 4.69) is 13.8 Å². The van der Waals surface area contributed by atoms with Crippen LogP contribution in [0.4, 0.5) is 0 Å². The molecule has 0 amide bonds. The number of unbranched alkanes of at least 4 members (excludes halogenated alkanes) is 8. The Bertz CT molecular complexity index is 311. The maximum atomic E-state index is 11.9. The summed E-state index contributed by atoms with van der Waals surface area (Å²) < 4.78 is 23.0. The Morgan fingerprint density at radius 1 is 0.750 bits per heavy atom. The lowest BCUT2D eigenvalue weighted by Crippen LogP contribution is -2.40. The lowest BCUT2D eigenvalue weighted by Gasteiger charge is -2.27. The number of rotatable bonds is 13. The zero-order chi connectivity index (χ0) is 15.5. The molecule has 0 heterocycles. The van der Waals surface area contributed by atoms with Crippen LogP contribution in [0.1, 0.15) is 97.8 Å². The average molecular weight is 306 g/mol. The number of nitrogens with two attached hydrogens (primary N) is 1. The Hall–Kier alpha value is -0.0900. The topological polar surface area (TPSA) is 60.2 Å². The van der Waals surface area contributed by atoms with E-state index in [1.54, 1.807) is 0 Å². The van der Waals surface area contributed by atoms with Gasteiger partial charge in [-0.15, -0.1) is 0 Å². The summed E-state index contributed by atoms with van der Waals surface area (Å²) in [7, 11) is -3.45. The van der Waals surface area contributed by atoms with Crippen LogP contribution in [0, 0.1) is 0 Å². The molecule has 3 nitrogen and oxygen atoms in total. The second-order valence-corrected chi connectivity index (χ2v) is 8.40. The minimum atomic E-state index is -3.45. The summed E-state index contributed by atoms with van der Waals surface area (Å²) in [6.45, 7) is 6.21. The zero-order valence-corrected chi connectivity index (χ0v) is 14.6. The molecule has 4 heteroatoms. The highest BCUT2D eigenvalue weighted by Gasteiger charge is 2.35. The van der Waals surface area contributed by atoms with Gasteiger partial charge in [-0.25, -0.2) is 13.6 Å². The predicted octanol–water partition coefficient (Wildman–Crippen LogP) is 4.75. The van der Waals surface area contributed by atoms with Crippen LogP contribution in [0.2, 0.25) is 0 Å². The third kappa shape index (κ3) is 8.25. The van der Waals surface area contributed by atoms with E-state index in [-0.39, 0.29) is 0 Å². The molecule has 0 bridgehead atoms. The number of sulfonamides is 1. The first-order valence-corrected chi connectivity index (χ1v) is 9.94. The van der Waals surface area contributed by atoms with Crippen LogP contribution in [0.5, 0.6) is 0 Å². The minimum absolute atomic E-state index is 0.712. The third-order valence-corrected chi connectivity index (χ3v) is 6.09. The van der Waals surface area contributed by atoms with Crippen molar-refractivity contribution in [3.63, 3.8) is 0 Å². The number of hydrogen-bond donors (Lipinski definition) is 1. The van der Waals surface area contributed by atoms with Gasteiger partial charge in [0.15, 0.2) is 0 Å². The molecule has 0 atom stereocenters. The van der Waals surface area contributed by atoms with Crippen LogP contribution < -0.4 is 5.14 Å². The van der Waals surface area contributed by atoms with E-state index in [4.69, 9.17) is 5.14 Å². The van der Waals surface area contributed by atoms with Gasteiger partial charge in [0.2, 0.25) is 10.0 Å². The maximum absolute atomic E-state index is 11.9. The smallest absolute Gasteiger partial charge is 0.214 e. The zero-order valence-electron chi connectivity index (χ0n) is 13.8. The third-order valence-electron chi connectivity index (χ3n) is 4.31. The average Bonchev–Trinajstić information content (AvgIpc) is 2.37. The summed E-state index contributed by atoms with van der Waals surface area (Å²) in [5.41, 5.74) is 0. The summed E-state index contributed by atoms with van der Waals surface area (Å²) >= 11 is 0. The van der Waals surface area contributed by atoms with E-state index in [1.165, 1.54) is 38.5 Å². The van der Waals surface area contributed by atoms with Crippen LogP contribution in [0.15, 0.2) is 0 Å². The van der Waals surface area contributed by atoms with Crippen LogP contribution >= 0.6 is 0 Å². The fraction of sp³-hybridized carbons (Fsp3) is 1.00. The molecule has 0 rings (SSSR count). The van der Waals surface area contributed by atoms with E-state index in [0.29, 0.717) is 12.8 Å². The van der Waals surface area contributed by atoms with E-state index >= 15 is 0 Å². The van der Waals surface area contributed by atoms with Crippen molar-refractivity contribution in [2.75, 3.05) is 0 Å². The van der Waals surface area contributed by atoms with Crippen molar-refractivity contribution in [3.8, 4) is 0 Å². The number of hydrogen-bond acceptors (Lipinski definition) is 2. The first kappa shape index (κ1) is 19.9. The van der Waals surface area contributed by atoms with E-state index in [0.717, 1.165) is 25.7 Å². The molecular weight excluding hydrogens is 270 g/mol. The fourth-order valence-electron chi connectivity index (χ4n) is 2.61. The minimum Gasteiger partial charge on any atom is -0.228 e. The fourth-order valence-corrected chi connectivity index (χ4v) is 3.47. The van der Waals surface area contributed by atoms with Crippen molar-refractivity contribution >= 4 is 10.0 Å². The number of primary sulfonamides is 1. The molecule has 2 N–H and O–H groups in total. The highest BCUT2D eigenvalue weighted by atomic mass is 32.2. The second-order valence-electron chi connectivity index (χ2n) is 6.32. The van der Waals surface area contributed by atoms with Crippen molar-refractivity contribution in [1.82, 2.24) is 0 Å². The van der Waals surface area contributed by atoms with Crippen LogP contribution in [-0.2, 0) is 10.0 Å². The molecule has 0 aromatic heterocycles. The van der Waals surface area contributed by atoms with Gasteiger partial charge in [0.25, 0.3) is 0 Å². The highest BCUT2D eigenvalue weighted by molar-refractivity contribution is 7.90. The van der Waals surface area contributed by atoms with Gasteiger partial charge in [-0.3, -0.25) is 0 Å². The van der Waals surface area contributed by atoms with Crippen LogP contribution in [-0.4, -0.2) is 13.2 Å². The van der Waals surface area contributed by atoms with Gasteiger partial charge in [-0.1, -0.05) is 78.1 Å². The molecule has 122 valence electrons. The predicted molar refractivity (Wildman–Crippen MR) is 88.3 cm³/mol. The second kappa shape index (κ2) is 10.6. The molecule has 0 saturated carbocycles. The Kier molecular flexibility index (Phi) is 10.6. The van der Waals surface area contributed by atoms with Gasteiger partial charge in [0, 0.05) is 0 Å². The Labute approximate surface area is 126 Å². The Balaban J connectivity index is 4.17. The normalized spacial score (nSPS) is 12.8. The summed E-state index contributed by atoms with van der Waals surface area (Å²) in [6, 6.07) is 0. The van der Waals surface area contributed by atoms with E-state index < -0.39 is 14.8 Å². The summed E-state index contributed by atoms with van der Waals surface area (Å²) in [6.07, 6.45) is 12.9. The lowest BCUT2D eigenvalue weighted by atomic mass is 9.95. The van der Waals surface area contributed by atoms with Crippen molar-refractivity contribution in [2.24, 2.45) is 5.14 Å². The van der Waals surface area contributed by atoms with Gasteiger partial charge < -0.3 is 0 Å². The molecule has 0 aliphatic carbocycles. The molecule has 0 aromatic carbocycles. The highest BCUT2D eigenvalue weighted by Crippen LogP contribution is 2.29. The van der Waals surface area contributed by atoms with Crippen molar-refractivity contribution < 1.29 is 8.42 Å². The largest absolute Gasteiger partial charge is 0.228 e. The molecule has 0 fully saturated rings. The molecule has 0 unspecified atom stereocenters. The van der Waals surface area contributed by atoms with Gasteiger partial charge in [0.1, 0.15) is 0 Å². The SMILES string of the molecule is CCCCCCCC(C)(CCCCCCC)S(N)(=O)=O. The van der Waals surface area contributed by atoms with Crippen LogP contribution in [0.25, 0.3) is 0 Å². The van der Waals surface area contributed by atoms with Crippen molar-refractivity contribution in [3.05, 3.63) is 0 Å². The van der Waals surface area contributed by atoms with Gasteiger partial charge in [-0.05, 0) is 19.8 Å². The molecule has 0 aliphatic heterocycles. The monoisotopic (exact) mass is 305 g/mol. The lowest BCUT2D eigenvalue weighted by molar-refractivity contribution is 0.436. The summed E-state index contributed by atoms with van der Waals surface area (Å²) in [4.78, 5) is 0. The molecule has 0 aliphatic rings. The first-order chi connectivity index (χ1) is 9.37. The Morgan fingerprint density at radius 2 is 1.10 bits per heavy atom.